The fourth-order valence-corrected chi connectivity index (χ4v) is 6.36. The fourth-order valence-electron chi connectivity index (χ4n) is 6.36. The van der Waals surface area contributed by atoms with Gasteiger partial charge in [0.25, 0.3) is 0 Å². The molecule has 3 aromatic heterocycles. The summed E-state index contributed by atoms with van der Waals surface area (Å²) in [6.07, 6.45) is 9.59. The molecule has 3 aromatic rings. The Morgan fingerprint density at radius 3 is 2.91 bits per heavy atom. The summed E-state index contributed by atoms with van der Waals surface area (Å²) in [5, 5.41) is 18.3. The molecule has 0 aromatic carbocycles. The molecule has 0 spiro atoms. The Balaban J connectivity index is 1.04. The van der Waals surface area contributed by atoms with E-state index in [9.17, 15) is 4.79 Å². The zero-order valence-electron chi connectivity index (χ0n) is 18.9. The lowest BCUT2D eigenvalue weighted by molar-refractivity contribution is -0.0532. The average Bonchev–Trinajstić information content (AvgIpc) is 3.48. The number of fused-ring (bicyclic) bond motifs is 3. The monoisotopic (exact) mass is 465 g/mol. The van der Waals surface area contributed by atoms with E-state index in [1.807, 2.05) is 16.8 Å². The summed E-state index contributed by atoms with van der Waals surface area (Å²) < 4.78 is 22.6. The van der Waals surface area contributed by atoms with Gasteiger partial charge in [-0.1, -0.05) is 0 Å². The van der Waals surface area contributed by atoms with Crippen LogP contribution in [0.15, 0.2) is 18.5 Å². The van der Waals surface area contributed by atoms with Crippen molar-refractivity contribution in [3.63, 3.8) is 0 Å². The number of carbonyl (C=O) groups is 1. The summed E-state index contributed by atoms with van der Waals surface area (Å²) in [6.45, 7) is 0. The second-order valence-electron chi connectivity index (χ2n) is 10.5. The minimum absolute atomic E-state index is 0.0683. The van der Waals surface area contributed by atoms with E-state index in [1.54, 1.807) is 6.20 Å². The van der Waals surface area contributed by atoms with Gasteiger partial charge in [-0.05, 0) is 63.7 Å². The maximum absolute atomic E-state index is 15.2. The molecule has 0 aliphatic heterocycles. The maximum atomic E-state index is 15.2. The predicted molar refractivity (Wildman–Crippen MR) is 122 cm³/mol. The number of nitrogens with one attached hydrogen (secondary N) is 3. The van der Waals surface area contributed by atoms with Crippen LogP contribution in [0.25, 0.3) is 5.52 Å². The molecule has 0 unspecified atom stereocenters. The number of anilines is 2. The summed E-state index contributed by atoms with van der Waals surface area (Å²) in [7, 11) is 0. The molecule has 5 aliphatic rings. The van der Waals surface area contributed by atoms with Crippen molar-refractivity contribution in [3.8, 4) is 0 Å². The van der Waals surface area contributed by atoms with Gasteiger partial charge in [0, 0.05) is 41.2 Å². The van der Waals surface area contributed by atoms with E-state index in [0.29, 0.717) is 30.2 Å². The molecule has 178 valence electrons. The number of alkyl halides is 1. The summed E-state index contributed by atoms with van der Waals surface area (Å²) in [5.41, 5.74) is 3.99. The Bertz CT molecular complexity index is 1250. The zero-order valence-corrected chi connectivity index (χ0v) is 18.9. The smallest absolute Gasteiger partial charge is 0.407 e. The molecule has 10 heteroatoms. The molecule has 0 radical (unpaired) electrons. The van der Waals surface area contributed by atoms with E-state index in [0.717, 1.165) is 62.1 Å². The third-order valence-corrected chi connectivity index (χ3v) is 8.23. The van der Waals surface area contributed by atoms with Crippen LogP contribution in [0, 0.1) is 5.92 Å². The first-order chi connectivity index (χ1) is 16.6. The molecule has 3 N–H and O–H groups in total. The molecule has 8 rings (SSSR count). The number of nitrogens with zero attached hydrogens (tertiary/aromatic N) is 4. The number of rotatable bonds is 5. The summed E-state index contributed by atoms with van der Waals surface area (Å²) in [6, 6.07) is 1.83. The van der Waals surface area contributed by atoms with Crippen LogP contribution in [0.1, 0.15) is 67.8 Å². The van der Waals surface area contributed by atoms with Crippen LogP contribution >= 0.6 is 0 Å². The minimum atomic E-state index is -1.27. The van der Waals surface area contributed by atoms with Crippen LogP contribution < -0.4 is 10.6 Å². The topological polar surface area (TPSA) is 109 Å². The van der Waals surface area contributed by atoms with Gasteiger partial charge in [0.15, 0.2) is 11.6 Å². The van der Waals surface area contributed by atoms with Gasteiger partial charge in [0.1, 0.15) is 17.8 Å². The highest BCUT2D eigenvalue weighted by Gasteiger charge is 2.58. The Labute approximate surface area is 195 Å². The Hall–Kier alpha value is -3.17. The SMILES string of the molecule is O=C(NC12CC(C1)C2)O[C@@H]1CC[C@H](c2cc(Nc3nccn4nc5c(c34)CCCC5)n[nH]2)[C@H]1F. The third-order valence-electron chi connectivity index (χ3n) is 8.23. The third kappa shape index (κ3) is 3.18. The average molecular weight is 466 g/mol. The number of carbonyl (C=O) groups excluding carboxylic acids is 1. The number of hydrogen-bond acceptors (Lipinski definition) is 6. The van der Waals surface area contributed by atoms with Crippen LogP contribution in [-0.2, 0) is 17.6 Å². The number of ether oxygens (including phenoxy) is 1. The minimum Gasteiger partial charge on any atom is -0.443 e. The van der Waals surface area contributed by atoms with Crippen molar-refractivity contribution < 1.29 is 13.9 Å². The highest BCUT2D eigenvalue weighted by molar-refractivity contribution is 5.76. The van der Waals surface area contributed by atoms with Gasteiger partial charge < -0.3 is 15.4 Å². The van der Waals surface area contributed by atoms with Crippen LogP contribution in [0.3, 0.4) is 0 Å². The summed E-state index contributed by atoms with van der Waals surface area (Å²) in [5.74, 6) is 1.65. The van der Waals surface area contributed by atoms with E-state index in [4.69, 9.17) is 9.84 Å². The van der Waals surface area contributed by atoms with Crippen molar-refractivity contribution in [1.82, 2.24) is 30.1 Å². The fraction of sp³-hybridized carbons (Fsp3) is 0.583. The highest BCUT2D eigenvalue weighted by Crippen LogP contribution is 2.57. The number of aromatic nitrogens is 5. The van der Waals surface area contributed by atoms with Crippen molar-refractivity contribution in [3.05, 3.63) is 35.4 Å². The molecule has 0 saturated heterocycles. The van der Waals surface area contributed by atoms with Crippen LogP contribution in [0.4, 0.5) is 20.8 Å². The lowest BCUT2D eigenvalue weighted by Crippen LogP contribution is -2.68. The van der Waals surface area contributed by atoms with Gasteiger partial charge in [0.2, 0.25) is 0 Å². The van der Waals surface area contributed by atoms with Crippen LogP contribution in [0.5, 0.6) is 0 Å². The molecular weight excluding hydrogens is 437 g/mol. The number of aromatic amines is 1. The lowest BCUT2D eigenvalue weighted by Gasteiger charge is -2.61. The largest absolute Gasteiger partial charge is 0.443 e. The maximum Gasteiger partial charge on any atom is 0.407 e. The predicted octanol–water partition coefficient (Wildman–Crippen LogP) is 3.94. The molecule has 3 atom stereocenters. The van der Waals surface area contributed by atoms with Crippen LogP contribution in [0.2, 0.25) is 0 Å². The van der Waals surface area contributed by atoms with Crippen molar-refractivity contribution in [2.45, 2.75) is 81.5 Å². The quantitative estimate of drug-likeness (QED) is 0.527. The van der Waals surface area contributed by atoms with Crippen molar-refractivity contribution >= 4 is 23.2 Å². The first-order valence-electron chi connectivity index (χ1n) is 12.4. The van der Waals surface area contributed by atoms with E-state index >= 15 is 4.39 Å². The number of H-pyrrole nitrogens is 1. The van der Waals surface area contributed by atoms with E-state index in [-0.39, 0.29) is 11.5 Å². The molecule has 2 bridgehead atoms. The molecule has 4 saturated carbocycles. The number of aryl methyl sites for hydroxylation is 2. The molecule has 9 nitrogen and oxygen atoms in total. The van der Waals surface area contributed by atoms with E-state index in [2.05, 4.69) is 25.8 Å². The summed E-state index contributed by atoms with van der Waals surface area (Å²) >= 11 is 0. The first-order valence-corrected chi connectivity index (χ1v) is 12.4. The highest BCUT2D eigenvalue weighted by atomic mass is 19.1. The van der Waals surface area contributed by atoms with Gasteiger partial charge in [0.05, 0.1) is 5.69 Å². The van der Waals surface area contributed by atoms with Gasteiger partial charge in [-0.15, -0.1) is 0 Å². The van der Waals surface area contributed by atoms with Crippen molar-refractivity contribution in [2.75, 3.05) is 5.32 Å². The molecular formula is C24H28FN7O2. The number of amides is 1. The molecule has 4 fully saturated rings. The normalized spacial score (nSPS) is 31.4. The Kier molecular flexibility index (Phi) is 4.41. The lowest BCUT2D eigenvalue weighted by atomic mass is 9.50. The van der Waals surface area contributed by atoms with Gasteiger partial charge >= 0.3 is 6.09 Å². The van der Waals surface area contributed by atoms with E-state index in [1.165, 1.54) is 5.56 Å². The zero-order chi connectivity index (χ0) is 22.9. The van der Waals surface area contributed by atoms with Gasteiger partial charge in [-0.3, -0.25) is 5.10 Å². The van der Waals surface area contributed by atoms with Crippen LogP contribution in [-0.4, -0.2) is 48.7 Å². The Morgan fingerprint density at radius 2 is 2.09 bits per heavy atom. The van der Waals surface area contributed by atoms with Crippen molar-refractivity contribution in [1.29, 1.82) is 0 Å². The first kappa shape index (κ1) is 20.2. The summed E-state index contributed by atoms with van der Waals surface area (Å²) in [4.78, 5) is 16.8. The number of alkyl carbamates (subject to hydrolysis) is 1. The van der Waals surface area contributed by atoms with E-state index < -0.39 is 18.4 Å². The van der Waals surface area contributed by atoms with Gasteiger partial charge in [-0.25, -0.2) is 18.7 Å². The molecule has 3 heterocycles. The number of hydrogen-bond donors (Lipinski definition) is 3. The molecule has 34 heavy (non-hydrogen) atoms. The van der Waals surface area contributed by atoms with Crippen molar-refractivity contribution in [2.24, 2.45) is 5.92 Å². The molecule has 1 amide bonds. The van der Waals surface area contributed by atoms with Gasteiger partial charge in [-0.2, -0.15) is 10.2 Å². The second kappa shape index (κ2) is 7.41. The molecule has 5 aliphatic carbocycles. The number of halogens is 1. The standard InChI is InChI=1S/C24H28FN7O2/c25-20-14(5-6-18(20)34-23(33)28-24-10-13(11-24)12-24)17-9-19(30-29-17)27-22-21-15-3-1-2-4-16(15)31-32(21)8-7-26-22/h7-9,13-14,18,20H,1-6,10-12H2,(H,28,33)(H2,26,27,29,30)/t13?,14-,18-,20-,24?/m1/s1. The Morgan fingerprint density at radius 1 is 1.24 bits per heavy atom. The second-order valence-corrected chi connectivity index (χ2v) is 10.5.